The van der Waals surface area contributed by atoms with Crippen LogP contribution in [0.3, 0.4) is 0 Å². The van der Waals surface area contributed by atoms with Gasteiger partial charge in [0.2, 0.25) is 6.41 Å². The van der Waals surface area contributed by atoms with Gasteiger partial charge in [-0.2, -0.15) is 0 Å². The van der Waals surface area contributed by atoms with Crippen molar-refractivity contribution in [2.24, 2.45) is 5.92 Å². The van der Waals surface area contributed by atoms with E-state index in [-0.39, 0.29) is 0 Å². The minimum atomic E-state index is 0.734. The summed E-state index contributed by atoms with van der Waals surface area (Å²) < 4.78 is 0. The first-order valence-electron chi connectivity index (χ1n) is 3.48. The van der Waals surface area contributed by atoms with Crippen LogP contribution in [-0.4, -0.2) is 13.0 Å². The second-order valence-corrected chi connectivity index (χ2v) is 2.37. The van der Waals surface area contributed by atoms with Crippen molar-refractivity contribution < 1.29 is 4.79 Å². The first-order valence-corrected chi connectivity index (χ1v) is 3.48. The zero-order valence-electron chi connectivity index (χ0n) is 6.18. The van der Waals surface area contributed by atoms with Crippen LogP contribution in [0.4, 0.5) is 0 Å². The fraction of sp³-hybridized carbons (Fsp3) is 0.857. The summed E-state index contributed by atoms with van der Waals surface area (Å²) in [4.78, 5) is 9.76. The van der Waals surface area contributed by atoms with Gasteiger partial charge in [0.05, 0.1) is 0 Å². The highest BCUT2D eigenvalue weighted by molar-refractivity contribution is 5.45. The molecule has 54 valence electrons. The maximum atomic E-state index is 9.76. The van der Waals surface area contributed by atoms with Crippen LogP contribution in [-0.2, 0) is 4.79 Å². The summed E-state index contributed by atoms with van der Waals surface area (Å²) in [5.74, 6) is 0.734. The molecule has 1 N–H and O–H groups in total. The Morgan fingerprint density at radius 2 is 2.33 bits per heavy atom. The van der Waals surface area contributed by atoms with Gasteiger partial charge in [0.25, 0.3) is 0 Å². The summed E-state index contributed by atoms with van der Waals surface area (Å²) in [5.41, 5.74) is 0. The molecule has 0 aliphatic heterocycles. The molecule has 0 unspecified atom stereocenters. The lowest BCUT2D eigenvalue weighted by Gasteiger charge is -2.05. The van der Waals surface area contributed by atoms with Gasteiger partial charge in [-0.3, -0.25) is 4.79 Å². The van der Waals surface area contributed by atoms with Gasteiger partial charge in [-0.1, -0.05) is 20.3 Å². The molecule has 9 heavy (non-hydrogen) atoms. The fourth-order valence-corrected chi connectivity index (χ4v) is 0.593. The van der Waals surface area contributed by atoms with E-state index in [1.165, 1.54) is 6.42 Å². The van der Waals surface area contributed by atoms with E-state index in [1.54, 1.807) is 0 Å². The van der Waals surface area contributed by atoms with Gasteiger partial charge in [0.1, 0.15) is 0 Å². The highest BCUT2D eigenvalue weighted by Gasteiger charge is 1.95. The van der Waals surface area contributed by atoms with E-state index in [4.69, 9.17) is 0 Å². The summed E-state index contributed by atoms with van der Waals surface area (Å²) in [5, 5.41) is 2.63. The Morgan fingerprint density at radius 3 is 2.78 bits per heavy atom. The molecule has 1 atom stereocenters. The maximum Gasteiger partial charge on any atom is 0.207 e. The molecular formula is C7H15NO. The van der Waals surface area contributed by atoms with E-state index in [2.05, 4.69) is 19.2 Å². The third-order valence-electron chi connectivity index (χ3n) is 1.56. The lowest BCUT2D eigenvalue weighted by molar-refractivity contribution is -0.109. The molecule has 0 aromatic heterocycles. The van der Waals surface area contributed by atoms with Crippen LogP contribution in [0.2, 0.25) is 0 Å². The smallest absolute Gasteiger partial charge is 0.207 e. The molecule has 2 nitrogen and oxygen atoms in total. The molecule has 0 aliphatic rings. The zero-order valence-corrected chi connectivity index (χ0v) is 6.18. The van der Waals surface area contributed by atoms with Gasteiger partial charge >= 0.3 is 0 Å². The summed E-state index contributed by atoms with van der Waals surface area (Å²) in [7, 11) is 0. The van der Waals surface area contributed by atoms with E-state index in [0.29, 0.717) is 0 Å². The maximum absolute atomic E-state index is 9.76. The van der Waals surface area contributed by atoms with Crippen molar-refractivity contribution in [2.45, 2.75) is 26.7 Å². The summed E-state index contributed by atoms with van der Waals surface area (Å²) in [6.07, 6.45) is 3.04. The van der Waals surface area contributed by atoms with Crippen LogP contribution in [0.15, 0.2) is 0 Å². The van der Waals surface area contributed by atoms with Crippen molar-refractivity contribution in [3.05, 3.63) is 0 Å². The van der Waals surface area contributed by atoms with Crippen LogP contribution >= 0.6 is 0 Å². The third-order valence-corrected chi connectivity index (χ3v) is 1.56. The number of nitrogens with one attached hydrogen (secondary N) is 1. The molecule has 0 aliphatic carbocycles. The Kier molecular flexibility index (Phi) is 5.27. The number of carbonyl (C=O) groups is 1. The van der Waals surface area contributed by atoms with Crippen molar-refractivity contribution in [1.82, 2.24) is 5.32 Å². The number of amides is 1. The molecular weight excluding hydrogens is 114 g/mol. The Balaban J connectivity index is 2.96. The second kappa shape index (κ2) is 5.60. The SMILES string of the molecule is CC[C@@H](C)CCNC=O. The normalized spacial score (nSPS) is 12.7. The summed E-state index contributed by atoms with van der Waals surface area (Å²) >= 11 is 0. The average molecular weight is 129 g/mol. The van der Waals surface area contributed by atoms with Gasteiger partial charge in [-0.25, -0.2) is 0 Å². The average Bonchev–Trinajstić information content (AvgIpc) is 1.89. The molecule has 0 saturated heterocycles. The van der Waals surface area contributed by atoms with Crippen molar-refractivity contribution in [1.29, 1.82) is 0 Å². The first-order chi connectivity index (χ1) is 4.31. The van der Waals surface area contributed by atoms with Crippen LogP contribution < -0.4 is 5.32 Å². The highest BCUT2D eigenvalue weighted by atomic mass is 16.1. The van der Waals surface area contributed by atoms with E-state index >= 15 is 0 Å². The van der Waals surface area contributed by atoms with Crippen molar-refractivity contribution in [3.63, 3.8) is 0 Å². The highest BCUT2D eigenvalue weighted by Crippen LogP contribution is 2.03. The molecule has 0 fully saturated rings. The summed E-state index contributed by atoms with van der Waals surface area (Å²) in [6.45, 7) is 5.16. The van der Waals surface area contributed by atoms with Crippen LogP contribution in [0, 0.1) is 5.92 Å². The number of rotatable bonds is 5. The number of hydrogen-bond acceptors (Lipinski definition) is 1. The lowest BCUT2D eigenvalue weighted by Crippen LogP contribution is -2.14. The predicted molar refractivity (Wildman–Crippen MR) is 38.1 cm³/mol. The van der Waals surface area contributed by atoms with Gasteiger partial charge in [-0.05, 0) is 12.3 Å². The van der Waals surface area contributed by atoms with E-state index in [0.717, 1.165) is 25.3 Å². The number of carbonyl (C=O) groups excluding carboxylic acids is 1. The van der Waals surface area contributed by atoms with Crippen LogP contribution in [0.25, 0.3) is 0 Å². The lowest BCUT2D eigenvalue weighted by atomic mass is 10.1. The molecule has 0 aromatic rings. The number of hydrogen-bond donors (Lipinski definition) is 1. The van der Waals surface area contributed by atoms with E-state index < -0.39 is 0 Å². The van der Waals surface area contributed by atoms with Gasteiger partial charge in [0.15, 0.2) is 0 Å². The quantitative estimate of drug-likeness (QED) is 0.438. The topological polar surface area (TPSA) is 29.1 Å². The standard InChI is InChI=1S/C7H15NO/c1-3-7(2)4-5-8-6-9/h6-7H,3-5H2,1-2H3,(H,8,9)/t7-/m1/s1. The monoisotopic (exact) mass is 129 g/mol. The molecule has 0 saturated carbocycles. The Hall–Kier alpha value is -0.530. The molecule has 0 heterocycles. The Labute approximate surface area is 56.6 Å². The van der Waals surface area contributed by atoms with Crippen LogP contribution in [0.5, 0.6) is 0 Å². The minimum Gasteiger partial charge on any atom is -0.359 e. The van der Waals surface area contributed by atoms with Gasteiger partial charge in [-0.15, -0.1) is 0 Å². The fourth-order valence-electron chi connectivity index (χ4n) is 0.593. The largest absolute Gasteiger partial charge is 0.359 e. The van der Waals surface area contributed by atoms with Gasteiger partial charge in [0, 0.05) is 6.54 Å². The van der Waals surface area contributed by atoms with Crippen molar-refractivity contribution in [2.75, 3.05) is 6.54 Å². The molecule has 0 bridgehead atoms. The molecule has 1 amide bonds. The Morgan fingerprint density at radius 1 is 1.67 bits per heavy atom. The molecule has 0 spiro atoms. The van der Waals surface area contributed by atoms with Gasteiger partial charge < -0.3 is 5.32 Å². The second-order valence-electron chi connectivity index (χ2n) is 2.37. The van der Waals surface area contributed by atoms with E-state index in [9.17, 15) is 4.79 Å². The van der Waals surface area contributed by atoms with Crippen LogP contribution in [0.1, 0.15) is 26.7 Å². The summed E-state index contributed by atoms with van der Waals surface area (Å²) in [6, 6.07) is 0. The molecule has 2 heteroatoms. The zero-order chi connectivity index (χ0) is 7.11. The van der Waals surface area contributed by atoms with Crippen molar-refractivity contribution in [3.8, 4) is 0 Å². The molecule has 0 radical (unpaired) electrons. The molecule has 0 rings (SSSR count). The molecule has 0 aromatic carbocycles. The van der Waals surface area contributed by atoms with Crippen molar-refractivity contribution >= 4 is 6.41 Å². The predicted octanol–water partition coefficient (Wildman–Crippen LogP) is 1.17. The minimum absolute atomic E-state index is 0.734. The third kappa shape index (κ3) is 5.34. The van der Waals surface area contributed by atoms with E-state index in [1.807, 2.05) is 0 Å². The Bertz CT molecular complexity index is 73.3. The first kappa shape index (κ1) is 8.47.